The van der Waals surface area contributed by atoms with Gasteiger partial charge in [0.05, 0.1) is 33.7 Å². The highest BCUT2D eigenvalue weighted by atomic mass is 15.0. The number of rotatable bonds is 2. The third-order valence-corrected chi connectivity index (χ3v) is 6.72. The van der Waals surface area contributed by atoms with Crippen molar-refractivity contribution in [3.8, 4) is 17.4 Å². The van der Waals surface area contributed by atoms with Crippen molar-refractivity contribution in [1.29, 1.82) is 5.26 Å². The maximum absolute atomic E-state index is 9.57. The van der Waals surface area contributed by atoms with E-state index in [1.54, 1.807) is 0 Å². The quantitative estimate of drug-likeness (QED) is 0.274. The smallest absolute Gasteiger partial charge is 0.0992 e. The summed E-state index contributed by atoms with van der Waals surface area (Å²) < 4.78 is 4.62. The van der Waals surface area contributed by atoms with Gasteiger partial charge in [-0.15, -0.1) is 0 Å². The predicted molar refractivity (Wildman–Crippen MR) is 140 cm³/mol. The van der Waals surface area contributed by atoms with E-state index in [0.717, 1.165) is 27.8 Å². The van der Waals surface area contributed by atoms with Gasteiger partial charge in [-0.05, 0) is 54.6 Å². The number of benzene rings is 5. The van der Waals surface area contributed by atoms with E-state index in [-0.39, 0.29) is 0 Å². The van der Waals surface area contributed by atoms with Gasteiger partial charge in [-0.25, -0.2) is 0 Å². The molecule has 0 saturated carbocycles. The highest BCUT2D eigenvalue weighted by molar-refractivity contribution is 6.19. The largest absolute Gasteiger partial charge is 0.309 e. The second-order valence-electron chi connectivity index (χ2n) is 8.59. The van der Waals surface area contributed by atoms with E-state index in [4.69, 9.17) is 0 Å². The first-order chi connectivity index (χ1) is 16.8. The maximum atomic E-state index is 9.57. The Morgan fingerprint density at radius 2 is 0.941 bits per heavy atom. The van der Waals surface area contributed by atoms with Crippen molar-refractivity contribution < 1.29 is 0 Å². The zero-order valence-electron chi connectivity index (χ0n) is 18.3. The summed E-state index contributed by atoms with van der Waals surface area (Å²) in [6.45, 7) is 0. The summed E-state index contributed by atoms with van der Waals surface area (Å²) >= 11 is 0. The summed E-state index contributed by atoms with van der Waals surface area (Å²) in [6.07, 6.45) is 0. The Bertz CT molecular complexity index is 1900. The molecule has 158 valence electrons. The van der Waals surface area contributed by atoms with E-state index >= 15 is 0 Å². The van der Waals surface area contributed by atoms with E-state index in [0.29, 0.717) is 5.56 Å². The molecule has 0 aliphatic carbocycles. The Hall–Kier alpha value is -4.81. The van der Waals surface area contributed by atoms with Crippen molar-refractivity contribution in [2.24, 2.45) is 0 Å². The third kappa shape index (κ3) is 2.57. The SMILES string of the molecule is N#Cc1ccc2c3cc4c(cc3n(-c3ccccc3)c2c1)c1ccccc1n4-c1ccccc1. The molecule has 0 atom stereocenters. The summed E-state index contributed by atoms with van der Waals surface area (Å²) in [5.41, 5.74) is 7.45. The molecule has 0 N–H and O–H groups in total. The first-order valence-electron chi connectivity index (χ1n) is 11.4. The van der Waals surface area contributed by atoms with Gasteiger partial charge in [0.25, 0.3) is 0 Å². The third-order valence-electron chi connectivity index (χ3n) is 6.72. The van der Waals surface area contributed by atoms with E-state index in [1.165, 1.54) is 27.2 Å². The van der Waals surface area contributed by atoms with Gasteiger partial charge >= 0.3 is 0 Å². The fraction of sp³-hybridized carbons (Fsp3) is 0. The molecular formula is C31H19N3. The molecule has 0 saturated heterocycles. The van der Waals surface area contributed by atoms with Crippen LogP contribution < -0.4 is 0 Å². The fourth-order valence-electron chi connectivity index (χ4n) is 5.26. The van der Waals surface area contributed by atoms with Gasteiger partial charge in [0.2, 0.25) is 0 Å². The molecule has 0 unspecified atom stereocenters. The minimum absolute atomic E-state index is 0.663. The monoisotopic (exact) mass is 433 g/mol. The lowest BCUT2D eigenvalue weighted by atomic mass is 10.1. The van der Waals surface area contributed by atoms with Crippen LogP contribution in [0.25, 0.3) is 55.0 Å². The van der Waals surface area contributed by atoms with Gasteiger partial charge < -0.3 is 9.13 Å². The number of hydrogen-bond acceptors (Lipinski definition) is 1. The van der Waals surface area contributed by atoms with Crippen molar-refractivity contribution >= 4 is 43.6 Å². The normalized spacial score (nSPS) is 11.5. The lowest BCUT2D eigenvalue weighted by molar-refractivity contribution is 1.17. The molecule has 34 heavy (non-hydrogen) atoms. The van der Waals surface area contributed by atoms with Crippen LogP contribution in [0.1, 0.15) is 5.56 Å². The second kappa shape index (κ2) is 7.10. The van der Waals surface area contributed by atoms with Crippen molar-refractivity contribution in [1.82, 2.24) is 9.13 Å². The van der Waals surface area contributed by atoms with Crippen molar-refractivity contribution in [2.75, 3.05) is 0 Å². The summed E-state index contributed by atoms with van der Waals surface area (Å²) in [7, 11) is 0. The highest BCUT2D eigenvalue weighted by Gasteiger charge is 2.18. The second-order valence-corrected chi connectivity index (χ2v) is 8.59. The van der Waals surface area contributed by atoms with Gasteiger partial charge in [0.15, 0.2) is 0 Å². The molecule has 2 heterocycles. The molecule has 3 nitrogen and oxygen atoms in total. The summed E-state index contributed by atoms with van der Waals surface area (Å²) in [5.74, 6) is 0. The maximum Gasteiger partial charge on any atom is 0.0992 e. The fourth-order valence-corrected chi connectivity index (χ4v) is 5.26. The molecule has 0 aliphatic rings. The minimum atomic E-state index is 0.663. The molecule has 0 fully saturated rings. The van der Waals surface area contributed by atoms with Gasteiger partial charge in [0, 0.05) is 32.9 Å². The predicted octanol–water partition coefficient (Wildman–Crippen LogP) is 7.75. The van der Waals surface area contributed by atoms with Crippen LogP contribution >= 0.6 is 0 Å². The highest BCUT2D eigenvalue weighted by Crippen LogP contribution is 2.39. The van der Waals surface area contributed by atoms with Gasteiger partial charge in [-0.1, -0.05) is 60.7 Å². The molecule has 0 spiro atoms. The van der Waals surface area contributed by atoms with Crippen molar-refractivity contribution in [3.05, 3.63) is 121 Å². The lowest BCUT2D eigenvalue weighted by Crippen LogP contribution is -1.94. The number of fused-ring (bicyclic) bond motifs is 6. The summed E-state index contributed by atoms with van der Waals surface area (Å²) in [4.78, 5) is 0. The molecular weight excluding hydrogens is 414 g/mol. The van der Waals surface area contributed by atoms with E-state index in [2.05, 4.69) is 112 Å². The molecule has 7 rings (SSSR count). The van der Waals surface area contributed by atoms with Crippen molar-refractivity contribution in [3.63, 3.8) is 0 Å². The number of nitriles is 1. The molecule has 0 radical (unpaired) electrons. The van der Waals surface area contributed by atoms with Crippen LogP contribution in [-0.4, -0.2) is 9.13 Å². The van der Waals surface area contributed by atoms with Crippen LogP contribution in [0, 0.1) is 11.3 Å². The number of aromatic nitrogens is 2. The number of nitrogens with zero attached hydrogens (tertiary/aromatic N) is 3. The molecule has 0 aliphatic heterocycles. The van der Waals surface area contributed by atoms with Gasteiger partial charge in [-0.3, -0.25) is 0 Å². The Balaban J connectivity index is 1.70. The molecule has 2 aromatic heterocycles. The van der Waals surface area contributed by atoms with Crippen LogP contribution in [0.5, 0.6) is 0 Å². The van der Waals surface area contributed by atoms with Crippen LogP contribution in [0.3, 0.4) is 0 Å². The zero-order valence-corrected chi connectivity index (χ0v) is 18.3. The standard InChI is InChI=1S/C31H19N3/c32-20-21-15-16-25-27-19-30-26(18-31(27)34(29(25)17-21)23-11-5-2-6-12-23)24-13-7-8-14-28(24)33(30)22-9-3-1-4-10-22/h1-19H. The summed E-state index contributed by atoms with van der Waals surface area (Å²) in [5, 5.41) is 14.3. The van der Waals surface area contributed by atoms with E-state index < -0.39 is 0 Å². The molecule has 7 aromatic rings. The van der Waals surface area contributed by atoms with E-state index in [1.807, 2.05) is 18.2 Å². The van der Waals surface area contributed by atoms with Crippen LogP contribution in [0.4, 0.5) is 0 Å². The zero-order chi connectivity index (χ0) is 22.6. The molecule has 0 amide bonds. The Morgan fingerprint density at radius 1 is 0.441 bits per heavy atom. The van der Waals surface area contributed by atoms with Crippen LogP contribution in [-0.2, 0) is 0 Å². The average molecular weight is 434 g/mol. The van der Waals surface area contributed by atoms with Crippen molar-refractivity contribution in [2.45, 2.75) is 0 Å². The lowest BCUT2D eigenvalue weighted by Gasteiger charge is -2.09. The average Bonchev–Trinajstić information content (AvgIpc) is 3.40. The molecule has 0 bridgehead atoms. The van der Waals surface area contributed by atoms with E-state index in [9.17, 15) is 5.26 Å². The Morgan fingerprint density at radius 3 is 1.56 bits per heavy atom. The topological polar surface area (TPSA) is 33.6 Å². The Kier molecular flexibility index (Phi) is 3.91. The Labute approximate surface area is 196 Å². The minimum Gasteiger partial charge on any atom is -0.309 e. The molecule has 5 aromatic carbocycles. The van der Waals surface area contributed by atoms with Gasteiger partial charge in [-0.2, -0.15) is 5.26 Å². The first kappa shape index (κ1) is 18.7. The summed E-state index contributed by atoms with van der Waals surface area (Å²) in [6, 6.07) is 42.4. The van der Waals surface area contributed by atoms with Crippen LogP contribution in [0.15, 0.2) is 115 Å². The number of hydrogen-bond donors (Lipinski definition) is 0. The van der Waals surface area contributed by atoms with Gasteiger partial charge in [0.1, 0.15) is 0 Å². The first-order valence-corrected chi connectivity index (χ1v) is 11.4. The van der Waals surface area contributed by atoms with Crippen LogP contribution in [0.2, 0.25) is 0 Å². The molecule has 3 heteroatoms. The number of para-hydroxylation sites is 3.